The third-order valence-corrected chi connectivity index (χ3v) is 3.30. The lowest BCUT2D eigenvalue weighted by Crippen LogP contribution is -2.13. The molecule has 1 heterocycles. The van der Waals surface area contributed by atoms with Gasteiger partial charge in [-0.3, -0.25) is 0 Å². The molecule has 0 aliphatic heterocycles. The van der Waals surface area contributed by atoms with E-state index in [9.17, 15) is 0 Å². The van der Waals surface area contributed by atoms with Crippen molar-refractivity contribution in [2.24, 2.45) is 0 Å². The third-order valence-electron chi connectivity index (χ3n) is 2.50. The number of benzene rings is 1. The second-order valence-corrected chi connectivity index (χ2v) is 4.62. The Labute approximate surface area is 126 Å². The molecular weight excluding hydrogens is 297 g/mol. The van der Waals surface area contributed by atoms with Crippen molar-refractivity contribution in [2.75, 3.05) is 18.5 Å². The second-order valence-electron chi connectivity index (χ2n) is 3.84. The van der Waals surface area contributed by atoms with Gasteiger partial charge in [0.2, 0.25) is 0 Å². The molecule has 0 aliphatic carbocycles. The molecule has 0 unspecified atom stereocenters. The van der Waals surface area contributed by atoms with E-state index < -0.39 is 0 Å². The van der Waals surface area contributed by atoms with E-state index in [0.29, 0.717) is 40.3 Å². The van der Waals surface area contributed by atoms with E-state index in [4.69, 9.17) is 33.2 Å². The number of halogens is 2. The highest BCUT2D eigenvalue weighted by molar-refractivity contribution is 6.42. The van der Waals surface area contributed by atoms with Gasteiger partial charge in [0.15, 0.2) is 0 Å². The summed E-state index contributed by atoms with van der Waals surface area (Å²) in [6, 6.07) is 10.7. The number of nitrogens with zero attached hydrogens (tertiary/aromatic N) is 2. The maximum Gasteiger partial charge on any atom is 0.144 e. The van der Waals surface area contributed by atoms with Gasteiger partial charge in [0.05, 0.1) is 17.1 Å². The zero-order valence-corrected chi connectivity index (χ0v) is 11.9. The van der Waals surface area contributed by atoms with Gasteiger partial charge in [0.1, 0.15) is 29.3 Å². The first-order valence-corrected chi connectivity index (χ1v) is 6.64. The summed E-state index contributed by atoms with van der Waals surface area (Å²) in [5.41, 5.74) is 0.494. The fourth-order valence-electron chi connectivity index (χ4n) is 1.56. The van der Waals surface area contributed by atoms with Gasteiger partial charge in [-0.15, -0.1) is 0 Å². The first kappa shape index (κ1) is 14.4. The molecule has 0 atom stereocenters. The smallest absolute Gasteiger partial charge is 0.144 e. The molecule has 1 aromatic heterocycles. The van der Waals surface area contributed by atoms with Crippen molar-refractivity contribution in [1.82, 2.24) is 4.98 Å². The summed E-state index contributed by atoms with van der Waals surface area (Å²) in [4.78, 5) is 4.09. The summed E-state index contributed by atoms with van der Waals surface area (Å²) in [6.07, 6.45) is 1.62. The SMILES string of the molecule is N#Cc1cccnc1NCCOc1cccc(Cl)c1Cl. The molecule has 2 rings (SSSR count). The highest BCUT2D eigenvalue weighted by Gasteiger charge is 2.05. The minimum Gasteiger partial charge on any atom is -0.490 e. The highest BCUT2D eigenvalue weighted by atomic mass is 35.5. The topological polar surface area (TPSA) is 57.9 Å². The van der Waals surface area contributed by atoms with Gasteiger partial charge < -0.3 is 10.1 Å². The molecule has 1 aromatic carbocycles. The molecule has 0 bridgehead atoms. The molecule has 0 spiro atoms. The standard InChI is InChI=1S/C14H11Cl2N3O/c15-11-4-1-5-12(13(11)16)20-8-7-19-14-10(9-17)3-2-6-18-14/h1-6H,7-8H2,(H,18,19). The lowest BCUT2D eigenvalue weighted by atomic mass is 10.3. The summed E-state index contributed by atoms with van der Waals surface area (Å²) in [6.45, 7) is 0.871. The van der Waals surface area contributed by atoms with Crippen LogP contribution >= 0.6 is 23.2 Å². The lowest BCUT2D eigenvalue weighted by molar-refractivity contribution is 0.333. The van der Waals surface area contributed by atoms with Crippen LogP contribution in [0.3, 0.4) is 0 Å². The van der Waals surface area contributed by atoms with Gasteiger partial charge in [-0.2, -0.15) is 5.26 Å². The van der Waals surface area contributed by atoms with E-state index in [1.165, 1.54) is 0 Å². The fraction of sp³-hybridized carbons (Fsp3) is 0.143. The molecule has 0 radical (unpaired) electrons. The number of ether oxygens (including phenoxy) is 1. The van der Waals surface area contributed by atoms with Gasteiger partial charge >= 0.3 is 0 Å². The zero-order chi connectivity index (χ0) is 14.4. The van der Waals surface area contributed by atoms with E-state index in [1.54, 1.807) is 36.5 Å². The number of pyridine rings is 1. The molecule has 102 valence electrons. The number of hydrogen-bond acceptors (Lipinski definition) is 4. The Balaban J connectivity index is 1.88. The van der Waals surface area contributed by atoms with Crippen LogP contribution < -0.4 is 10.1 Å². The molecule has 6 heteroatoms. The van der Waals surface area contributed by atoms with Crippen molar-refractivity contribution >= 4 is 29.0 Å². The number of rotatable bonds is 5. The second kappa shape index (κ2) is 6.99. The first-order chi connectivity index (χ1) is 9.72. The molecule has 20 heavy (non-hydrogen) atoms. The predicted octanol–water partition coefficient (Wildman–Crippen LogP) is 3.75. The average molecular weight is 308 g/mol. The van der Waals surface area contributed by atoms with Crippen molar-refractivity contribution in [3.8, 4) is 11.8 Å². The van der Waals surface area contributed by atoms with Crippen molar-refractivity contribution in [3.05, 3.63) is 52.1 Å². The van der Waals surface area contributed by atoms with E-state index in [-0.39, 0.29) is 0 Å². The fourth-order valence-corrected chi connectivity index (χ4v) is 1.91. The van der Waals surface area contributed by atoms with Gasteiger partial charge in [0.25, 0.3) is 0 Å². The molecular formula is C14H11Cl2N3O. The van der Waals surface area contributed by atoms with Crippen LogP contribution in [-0.4, -0.2) is 18.1 Å². The number of aromatic nitrogens is 1. The lowest BCUT2D eigenvalue weighted by Gasteiger charge is -2.10. The van der Waals surface area contributed by atoms with Gasteiger partial charge in [-0.25, -0.2) is 4.98 Å². The molecule has 0 saturated carbocycles. The summed E-state index contributed by atoms with van der Waals surface area (Å²) in [5, 5.41) is 12.8. The van der Waals surface area contributed by atoms with Crippen LogP contribution in [0.5, 0.6) is 5.75 Å². The average Bonchev–Trinajstić information content (AvgIpc) is 2.48. The monoisotopic (exact) mass is 307 g/mol. The number of anilines is 1. The Hall–Kier alpha value is -1.96. The Kier molecular flexibility index (Phi) is 5.05. The van der Waals surface area contributed by atoms with Crippen molar-refractivity contribution in [3.63, 3.8) is 0 Å². The molecule has 2 aromatic rings. The molecule has 4 nitrogen and oxygen atoms in total. The Morgan fingerprint density at radius 3 is 2.90 bits per heavy atom. The molecule has 0 fully saturated rings. The predicted molar refractivity (Wildman–Crippen MR) is 79.4 cm³/mol. The Morgan fingerprint density at radius 2 is 2.10 bits per heavy atom. The first-order valence-electron chi connectivity index (χ1n) is 5.88. The van der Waals surface area contributed by atoms with E-state index >= 15 is 0 Å². The van der Waals surface area contributed by atoms with Crippen molar-refractivity contribution in [2.45, 2.75) is 0 Å². The number of hydrogen-bond donors (Lipinski definition) is 1. The maximum absolute atomic E-state index is 8.93. The summed E-state index contributed by atoms with van der Waals surface area (Å²) in [7, 11) is 0. The van der Waals surface area contributed by atoms with Crippen LogP contribution in [0, 0.1) is 11.3 Å². The van der Waals surface area contributed by atoms with Crippen molar-refractivity contribution < 1.29 is 4.74 Å². The van der Waals surface area contributed by atoms with Crippen LogP contribution in [0.1, 0.15) is 5.56 Å². The van der Waals surface area contributed by atoms with E-state index in [1.807, 2.05) is 0 Å². The summed E-state index contributed by atoms with van der Waals surface area (Å²) in [5.74, 6) is 1.07. The van der Waals surface area contributed by atoms with Gasteiger partial charge in [-0.05, 0) is 24.3 Å². The molecule has 0 saturated heterocycles. The molecule has 1 N–H and O–H groups in total. The maximum atomic E-state index is 8.93. The summed E-state index contributed by atoms with van der Waals surface area (Å²) >= 11 is 11.9. The third kappa shape index (κ3) is 3.53. The van der Waals surface area contributed by atoms with Crippen molar-refractivity contribution in [1.29, 1.82) is 5.26 Å². The van der Waals surface area contributed by atoms with Crippen LogP contribution in [0.4, 0.5) is 5.82 Å². The zero-order valence-electron chi connectivity index (χ0n) is 10.4. The Bertz CT molecular complexity index is 641. The van der Waals surface area contributed by atoms with Crippen LogP contribution in [0.2, 0.25) is 10.0 Å². The quantitative estimate of drug-likeness (QED) is 0.855. The van der Waals surface area contributed by atoms with Crippen LogP contribution in [-0.2, 0) is 0 Å². The highest BCUT2D eigenvalue weighted by Crippen LogP contribution is 2.31. The normalized spacial score (nSPS) is 9.85. The minimum atomic E-state index is 0.376. The van der Waals surface area contributed by atoms with E-state index in [0.717, 1.165) is 0 Å². The number of nitrogens with one attached hydrogen (secondary N) is 1. The number of nitriles is 1. The van der Waals surface area contributed by atoms with E-state index in [2.05, 4.69) is 16.4 Å². The van der Waals surface area contributed by atoms with Crippen LogP contribution in [0.15, 0.2) is 36.5 Å². The minimum absolute atomic E-state index is 0.376. The Morgan fingerprint density at radius 1 is 1.25 bits per heavy atom. The summed E-state index contributed by atoms with van der Waals surface area (Å²) < 4.78 is 5.52. The molecule has 0 aliphatic rings. The molecule has 0 amide bonds. The largest absolute Gasteiger partial charge is 0.490 e. The van der Waals surface area contributed by atoms with Gasteiger partial charge in [0, 0.05) is 6.20 Å². The van der Waals surface area contributed by atoms with Gasteiger partial charge in [-0.1, -0.05) is 29.3 Å². The van der Waals surface area contributed by atoms with Crippen LogP contribution in [0.25, 0.3) is 0 Å².